The van der Waals surface area contributed by atoms with Crippen LogP contribution in [-0.4, -0.2) is 36.1 Å². The molecule has 0 fully saturated rings. The number of rotatable bonds is 3. The first-order valence-corrected chi connectivity index (χ1v) is 5.96. The first-order valence-electron chi connectivity index (χ1n) is 2.37. The van der Waals surface area contributed by atoms with Crippen LogP contribution in [0.3, 0.4) is 0 Å². The minimum Gasteiger partial charge on any atom is -0.391 e. The highest BCUT2D eigenvalue weighted by Gasteiger charge is 2.09. The zero-order valence-corrected chi connectivity index (χ0v) is 8.02. The minimum absolute atomic E-state index is 0.129. The Kier molecular flexibility index (Phi) is 3.99. The summed E-state index contributed by atoms with van der Waals surface area (Å²) in [6, 6.07) is 0. The molecule has 0 rings (SSSR count). The van der Waals surface area contributed by atoms with Gasteiger partial charge in [0, 0.05) is 10.7 Å². The highest BCUT2D eigenvalue weighted by Crippen LogP contribution is 1.94. The third-order valence-corrected chi connectivity index (χ3v) is 2.68. The van der Waals surface area contributed by atoms with Crippen molar-refractivity contribution in [1.82, 2.24) is 0 Å². The van der Waals surface area contributed by atoms with Gasteiger partial charge in [-0.1, -0.05) is 22.6 Å². The molecule has 3 nitrogen and oxygen atoms in total. The Morgan fingerprint density at radius 2 is 2.11 bits per heavy atom. The summed E-state index contributed by atoms with van der Waals surface area (Å²) in [4.78, 5) is 0. The molecule has 0 saturated carbocycles. The van der Waals surface area contributed by atoms with E-state index in [1.54, 1.807) is 0 Å². The predicted octanol–water partition coefficient (Wildman–Crippen LogP) is -0.173. The van der Waals surface area contributed by atoms with Crippen LogP contribution >= 0.6 is 22.6 Å². The van der Waals surface area contributed by atoms with Gasteiger partial charge in [0.2, 0.25) is 0 Å². The Balaban J connectivity index is 3.75. The van der Waals surface area contributed by atoms with Gasteiger partial charge < -0.3 is 5.11 Å². The van der Waals surface area contributed by atoms with E-state index in [1.165, 1.54) is 0 Å². The van der Waals surface area contributed by atoms with Crippen LogP contribution in [0.25, 0.3) is 0 Å². The van der Waals surface area contributed by atoms with Crippen molar-refractivity contribution in [3.05, 3.63) is 0 Å². The zero-order chi connectivity index (χ0) is 7.49. The molecular weight excluding hydrogens is 255 g/mol. The van der Waals surface area contributed by atoms with Gasteiger partial charge in [0.05, 0.1) is 11.9 Å². The van der Waals surface area contributed by atoms with Crippen molar-refractivity contribution in [2.45, 2.75) is 6.10 Å². The molecule has 0 bridgehead atoms. The lowest BCUT2D eigenvalue weighted by Crippen LogP contribution is -2.20. The van der Waals surface area contributed by atoms with Crippen LogP contribution in [0.1, 0.15) is 0 Å². The first kappa shape index (κ1) is 9.64. The Morgan fingerprint density at radius 3 is 2.22 bits per heavy atom. The highest BCUT2D eigenvalue weighted by molar-refractivity contribution is 14.1. The van der Waals surface area contributed by atoms with E-state index in [2.05, 4.69) is 0 Å². The summed E-state index contributed by atoms with van der Waals surface area (Å²) in [7, 11) is -2.99. The second kappa shape index (κ2) is 3.72. The SMILES string of the molecule is CS(=O)(=O)CC(O)CI. The number of halogens is 1. The van der Waals surface area contributed by atoms with Crippen molar-refractivity contribution in [3.8, 4) is 0 Å². The number of alkyl halides is 1. The maximum absolute atomic E-state index is 10.4. The van der Waals surface area contributed by atoms with Gasteiger partial charge in [0.25, 0.3) is 0 Å². The second-order valence-electron chi connectivity index (χ2n) is 1.90. The Labute approximate surface area is 68.5 Å². The van der Waals surface area contributed by atoms with Gasteiger partial charge in [-0.05, 0) is 0 Å². The van der Waals surface area contributed by atoms with E-state index in [1.807, 2.05) is 22.6 Å². The summed E-state index contributed by atoms with van der Waals surface area (Å²) in [5, 5.41) is 8.81. The molecule has 56 valence electrons. The van der Waals surface area contributed by atoms with Crippen LogP contribution in [0, 0.1) is 0 Å². The van der Waals surface area contributed by atoms with Gasteiger partial charge in [0.1, 0.15) is 9.84 Å². The second-order valence-corrected chi connectivity index (χ2v) is 4.97. The van der Waals surface area contributed by atoms with E-state index in [-0.39, 0.29) is 5.75 Å². The fraction of sp³-hybridized carbons (Fsp3) is 1.00. The summed E-state index contributed by atoms with van der Waals surface area (Å²) in [5.74, 6) is -0.129. The van der Waals surface area contributed by atoms with Crippen molar-refractivity contribution in [2.75, 3.05) is 16.4 Å². The third-order valence-electron chi connectivity index (χ3n) is 0.673. The molecule has 0 aromatic carbocycles. The summed E-state index contributed by atoms with van der Waals surface area (Å²) in [6.45, 7) is 0. The number of aliphatic hydroxyl groups excluding tert-OH is 1. The smallest absolute Gasteiger partial charge is 0.150 e. The Bertz CT molecular complexity index is 163. The number of hydrogen-bond donors (Lipinski definition) is 1. The molecule has 5 heteroatoms. The van der Waals surface area contributed by atoms with Gasteiger partial charge in [-0.2, -0.15) is 0 Å². The first-order chi connectivity index (χ1) is 3.95. The molecule has 0 aromatic heterocycles. The number of sulfone groups is 1. The molecule has 0 aliphatic carbocycles. The largest absolute Gasteiger partial charge is 0.391 e. The summed E-state index contributed by atoms with van der Waals surface area (Å²) in [6.07, 6.45) is 0.406. The third kappa shape index (κ3) is 6.53. The Morgan fingerprint density at radius 1 is 1.67 bits per heavy atom. The van der Waals surface area contributed by atoms with E-state index in [4.69, 9.17) is 5.11 Å². The van der Waals surface area contributed by atoms with Crippen molar-refractivity contribution in [1.29, 1.82) is 0 Å². The molecule has 0 aliphatic heterocycles. The minimum atomic E-state index is -2.99. The molecule has 9 heavy (non-hydrogen) atoms. The van der Waals surface area contributed by atoms with Crippen LogP contribution in [0.4, 0.5) is 0 Å². The molecule has 0 saturated heterocycles. The lowest BCUT2D eigenvalue weighted by molar-refractivity contribution is 0.226. The van der Waals surface area contributed by atoms with Gasteiger partial charge >= 0.3 is 0 Å². The number of aliphatic hydroxyl groups is 1. The molecule has 0 spiro atoms. The summed E-state index contributed by atoms with van der Waals surface area (Å²) in [5.41, 5.74) is 0. The maximum Gasteiger partial charge on any atom is 0.150 e. The molecule has 1 N–H and O–H groups in total. The van der Waals surface area contributed by atoms with Crippen LogP contribution in [-0.2, 0) is 9.84 Å². The van der Waals surface area contributed by atoms with E-state index >= 15 is 0 Å². The predicted molar refractivity (Wildman–Crippen MR) is 44.6 cm³/mol. The van der Waals surface area contributed by atoms with Crippen molar-refractivity contribution in [3.63, 3.8) is 0 Å². The molecule has 0 aromatic rings. The van der Waals surface area contributed by atoms with Crippen LogP contribution in [0.5, 0.6) is 0 Å². The van der Waals surface area contributed by atoms with Crippen LogP contribution < -0.4 is 0 Å². The molecule has 0 radical (unpaired) electrons. The van der Waals surface area contributed by atoms with E-state index < -0.39 is 15.9 Å². The van der Waals surface area contributed by atoms with Crippen molar-refractivity contribution in [2.24, 2.45) is 0 Å². The summed E-state index contributed by atoms with van der Waals surface area (Å²) >= 11 is 1.94. The highest BCUT2D eigenvalue weighted by atomic mass is 127. The quantitative estimate of drug-likeness (QED) is 0.568. The zero-order valence-electron chi connectivity index (χ0n) is 5.04. The molecule has 1 atom stereocenters. The molecule has 0 aliphatic rings. The van der Waals surface area contributed by atoms with Gasteiger partial charge in [-0.3, -0.25) is 0 Å². The van der Waals surface area contributed by atoms with Crippen LogP contribution in [0.15, 0.2) is 0 Å². The lowest BCUT2D eigenvalue weighted by Gasteiger charge is -2.02. The molecule has 1 unspecified atom stereocenters. The fourth-order valence-corrected chi connectivity index (χ4v) is 1.94. The monoisotopic (exact) mass is 264 g/mol. The average Bonchev–Trinajstić information content (AvgIpc) is 1.62. The average molecular weight is 264 g/mol. The lowest BCUT2D eigenvalue weighted by atomic mass is 10.5. The standard InChI is InChI=1S/C4H9IO3S/c1-9(7,8)3-4(6)2-5/h4,6H,2-3H2,1H3. The molecular formula is C4H9IO3S. The molecule has 0 heterocycles. The summed E-state index contributed by atoms with van der Waals surface area (Å²) < 4.78 is 21.3. The van der Waals surface area contributed by atoms with Gasteiger partial charge in [0.15, 0.2) is 0 Å². The van der Waals surface area contributed by atoms with Gasteiger partial charge in [-0.15, -0.1) is 0 Å². The molecule has 0 amide bonds. The number of hydrogen-bond acceptors (Lipinski definition) is 3. The van der Waals surface area contributed by atoms with Crippen molar-refractivity contribution < 1.29 is 13.5 Å². The normalized spacial score (nSPS) is 15.4. The van der Waals surface area contributed by atoms with Gasteiger partial charge in [-0.25, -0.2) is 8.42 Å². The van der Waals surface area contributed by atoms with Crippen LogP contribution in [0.2, 0.25) is 0 Å². The van der Waals surface area contributed by atoms with E-state index in [9.17, 15) is 8.42 Å². The van der Waals surface area contributed by atoms with E-state index in [0.29, 0.717) is 4.43 Å². The maximum atomic E-state index is 10.4. The Hall–Kier alpha value is 0.640. The van der Waals surface area contributed by atoms with Crippen molar-refractivity contribution >= 4 is 32.4 Å². The fourth-order valence-electron chi connectivity index (χ4n) is 0.394. The topological polar surface area (TPSA) is 54.4 Å². The van der Waals surface area contributed by atoms with E-state index in [0.717, 1.165) is 6.26 Å².